The summed E-state index contributed by atoms with van der Waals surface area (Å²) in [4.78, 5) is 35.6. The number of hydrogen-bond acceptors (Lipinski definition) is 6. The number of aliphatic hydroxyl groups is 1. The van der Waals surface area contributed by atoms with E-state index in [0.29, 0.717) is 5.56 Å². The Morgan fingerprint density at radius 1 is 1.15 bits per heavy atom. The molecule has 2 amide bonds. The highest BCUT2D eigenvalue weighted by atomic mass is 19.1. The van der Waals surface area contributed by atoms with Gasteiger partial charge in [-0.3, -0.25) is 24.6 Å². The van der Waals surface area contributed by atoms with Gasteiger partial charge in [0.05, 0.1) is 41.9 Å². The molecule has 2 aromatic carbocycles. The summed E-state index contributed by atoms with van der Waals surface area (Å²) in [5, 5.41) is 20.9. The van der Waals surface area contributed by atoms with Crippen LogP contribution in [0.1, 0.15) is 26.3 Å². The molecule has 3 rings (SSSR count). The SMILES string of the molecule is O=C1c2ccc([N+](=O)[O-])cc2C(=O)N1C[C@H](O)COCc1ccccc1F. The second-order valence-corrected chi connectivity index (χ2v) is 5.97. The van der Waals surface area contributed by atoms with Crippen molar-refractivity contribution in [2.75, 3.05) is 13.2 Å². The zero-order chi connectivity index (χ0) is 19.6. The van der Waals surface area contributed by atoms with Crippen molar-refractivity contribution in [1.29, 1.82) is 0 Å². The fourth-order valence-corrected chi connectivity index (χ4v) is 2.74. The molecule has 27 heavy (non-hydrogen) atoms. The molecule has 1 aliphatic rings. The largest absolute Gasteiger partial charge is 0.389 e. The first-order valence-corrected chi connectivity index (χ1v) is 8.02. The molecule has 0 saturated heterocycles. The number of fused-ring (bicyclic) bond motifs is 1. The maximum absolute atomic E-state index is 13.5. The van der Waals surface area contributed by atoms with E-state index in [0.717, 1.165) is 17.0 Å². The first-order chi connectivity index (χ1) is 12.9. The third-order valence-electron chi connectivity index (χ3n) is 4.08. The van der Waals surface area contributed by atoms with Crippen LogP contribution in [0, 0.1) is 15.9 Å². The number of benzene rings is 2. The van der Waals surface area contributed by atoms with Gasteiger partial charge in [-0.15, -0.1) is 0 Å². The molecular weight excluding hydrogens is 359 g/mol. The van der Waals surface area contributed by atoms with Gasteiger partial charge < -0.3 is 9.84 Å². The average molecular weight is 374 g/mol. The standard InChI is InChI=1S/C18H15FN2O6/c19-16-4-2-1-3-11(16)9-27-10-13(22)8-20-17(23)14-6-5-12(21(25)26)7-15(14)18(20)24/h1-7,13,22H,8-10H2/t13-/m0/s1. The van der Waals surface area contributed by atoms with Crippen molar-refractivity contribution in [3.63, 3.8) is 0 Å². The number of nitro groups is 1. The quantitative estimate of drug-likeness (QED) is 0.450. The van der Waals surface area contributed by atoms with Gasteiger partial charge in [-0.05, 0) is 12.1 Å². The van der Waals surface area contributed by atoms with Crippen molar-refractivity contribution in [2.45, 2.75) is 12.7 Å². The van der Waals surface area contributed by atoms with Crippen LogP contribution in [-0.2, 0) is 11.3 Å². The van der Waals surface area contributed by atoms with Crippen molar-refractivity contribution >= 4 is 17.5 Å². The van der Waals surface area contributed by atoms with E-state index < -0.39 is 28.7 Å². The Kier molecular flexibility index (Phi) is 5.24. The number of amides is 2. The molecule has 0 unspecified atom stereocenters. The molecule has 0 fully saturated rings. The number of halogens is 1. The number of nitro benzene ring substituents is 1. The number of β-amino-alcohol motifs (C(OH)–C–C–N with tert-alkyl or cyclic N) is 1. The molecule has 8 nitrogen and oxygen atoms in total. The lowest BCUT2D eigenvalue weighted by atomic mass is 10.1. The third kappa shape index (κ3) is 3.83. The van der Waals surface area contributed by atoms with E-state index in [2.05, 4.69) is 0 Å². The van der Waals surface area contributed by atoms with E-state index in [1.54, 1.807) is 18.2 Å². The van der Waals surface area contributed by atoms with Crippen LogP contribution in [0.4, 0.5) is 10.1 Å². The molecule has 0 aromatic heterocycles. The van der Waals surface area contributed by atoms with Gasteiger partial charge in [0.2, 0.25) is 0 Å². The van der Waals surface area contributed by atoms with Gasteiger partial charge in [0.15, 0.2) is 0 Å². The van der Waals surface area contributed by atoms with Crippen LogP contribution in [0.3, 0.4) is 0 Å². The summed E-state index contributed by atoms with van der Waals surface area (Å²) in [6, 6.07) is 9.41. The minimum atomic E-state index is -1.19. The molecule has 1 atom stereocenters. The van der Waals surface area contributed by atoms with Gasteiger partial charge in [-0.25, -0.2) is 4.39 Å². The molecule has 0 radical (unpaired) electrons. The van der Waals surface area contributed by atoms with E-state index >= 15 is 0 Å². The normalized spacial score (nSPS) is 14.4. The van der Waals surface area contributed by atoms with E-state index in [4.69, 9.17) is 4.74 Å². The van der Waals surface area contributed by atoms with Gasteiger partial charge >= 0.3 is 0 Å². The molecule has 1 heterocycles. The number of nitrogens with zero attached hydrogens (tertiary/aromatic N) is 2. The summed E-state index contributed by atoms with van der Waals surface area (Å²) in [5.41, 5.74) is -0.0120. The van der Waals surface area contributed by atoms with Crippen LogP contribution in [0.5, 0.6) is 0 Å². The lowest BCUT2D eigenvalue weighted by molar-refractivity contribution is -0.384. The van der Waals surface area contributed by atoms with Crippen LogP contribution >= 0.6 is 0 Å². The number of ether oxygens (including phenoxy) is 1. The number of imide groups is 1. The minimum absolute atomic E-state index is 0.0464. The predicted octanol–water partition coefficient (Wildman–Crippen LogP) is 1.91. The Bertz CT molecular complexity index is 916. The number of aliphatic hydroxyl groups excluding tert-OH is 1. The van der Waals surface area contributed by atoms with Gasteiger partial charge in [0.1, 0.15) is 5.82 Å². The van der Waals surface area contributed by atoms with Crippen LogP contribution in [0.2, 0.25) is 0 Å². The minimum Gasteiger partial charge on any atom is -0.389 e. The average Bonchev–Trinajstić information content (AvgIpc) is 2.88. The number of carbonyl (C=O) groups excluding carboxylic acids is 2. The fraction of sp³-hybridized carbons (Fsp3) is 0.222. The molecule has 0 aliphatic carbocycles. The number of hydrogen-bond donors (Lipinski definition) is 1. The Balaban J connectivity index is 1.60. The second kappa shape index (κ2) is 7.60. The van der Waals surface area contributed by atoms with Gasteiger partial charge in [0.25, 0.3) is 17.5 Å². The Morgan fingerprint density at radius 2 is 1.85 bits per heavy atom. The maximum Gasteiger partial charge on any atom is 0.270 e. The van der Waals surface area contributed by atoms with E-state index in [-0.39, 0.29) is 36.6 Å². The van der Waals surface area contributed by atoms with Crippen molar-refractivity contribution in [1.82, 2.24) is 4.90 Å². The van der Waals surface area contributed by atoms with E-state index in [9.17, 15) is 29.2 Å². The second-order valence-electron chi connectivity index (χ2n) is 5.97. The van der Waals surface area contributed by atoms with Crippen molar-refractivity contribution in [3.05, 3.63) is 75.1 Å². The lowest BCUT2D eigenvalue weighted by Gasteiger charge is -2.18. The molecule has 9 heteroatoms. The molecule has 0 spiro atoms. The smallest absolute Gasteiger partial charge is 0.270 e. The van der Waals surface area contributed by atoms with Crippen LogP contribution < -0.4 is 0 Å². The highest BCUT2D eigenvalue weighted by Crippen LogP contribution is 2.26. The van der Waals surface area contributed by atoms with Gasteiger partial charge in [-0.2, -0.15) is 0 Å². The van der Waals surface area contributed by atoms with Crippen LogP contribution in [0.15, 0.2) is 42.5 Å². The Morgan fingerprint density at radius 3 is 2.56 bits per heavy atom. The summed E-state index contributed by atoms with van der Waals surface area (Å²) < 4.78 is 18.7. The predicted molar refractivity (Wildman–Crippen MR) is 90.5 cm³/mol. The van der Waals surface area contributed by atoms with Crippen molar-refractivity contribution in [3.8, 4) is 0 Å². The Hall–Kier alpha value is -3.17. The first kappa shape index (κ1) is 18.6. The highest BCUT2D eigenvalue weighted by molar-refractivity contribution is 6.21. The molecule has 1 aliphatic heterocycles. The molecule has 1 N–H and O–H groups in total. The first-order valence-electron chi connectivity index (χ1n) is 8.02. The summed E-state index contributed by atoms with van der Waals surface area (Å²) in [5.74, 6) is -1.79. The lowest BCUT2D eigenvalue weighted by Crippen LogP contribution is -2.38. The molecule has 0 bridgehead atoms. The summed E-state index contributed by atoms with van der Waals surface area (Å²) in [6.45, 7) is -0.628. The van der Waals surface area contributed by atoms with Crippen LogP contribution in [0.25, 0.3) is 0 Å². The Labute approximate surface area is 152 Å². The fourth-order valence-electron chi connectivity index (χ4n) is 2.74. The molecular formula is C18H15FN2O6. The molecule has 140 valence electrons. The highest BCUT2D eigenvalue weighted by Gasteiger charge is 2.37. The van der Waals surface area contributed by atoms with Crippen molar-refractivity contribution < 1.29 is 28.7 Å². The summed E-state index contributed by atoms with van der Waals surface area (Å²) in [7, 11) is 0. The number of non-ortho nitro benzene ring substituents is 1. The monoisotopic (exact) mass is 374 g/mol. The zero-order valence-corrected chi connectivity index (χ0v) is 14.0. The maximum atomic E-state index is 13.5. The van der Waals surface area contributed by atoms with Crippen molar-refractivity contribution in [2.24, 2.45) is 0 Å². The topological polar surface area (TPSA) is 110 Å². The molecule has 0 saturated carbocycles. The van der Waals surface area contributed by atoms with Gasteiger partial charge in [0, 0.05) is 17.7 Å². The number of carbonyl (C=O) groups is 2. The third-order valence-corrected chi connectivity index (χ3v) is 4.08. The van der Waals surface area contributed by atoms with E-state index in [1.165, 1.54) is 12.1 Å². The molecule has 2 aromatic rings. The zero-order valence-electron chi connectivity index (χ0n) is 14.0. The number of rotatable bonds is 7. The summed E-state index contributed by atoms with van der Waals surface area (Å²) in [6.07, 6.45) is -1.19. The van der Waals surface area contributed by atoms with Gasteiger partial charge in [-0.1, -0.05) is 18.2 Å². The van der Waals surface area contributed by atoms with Crippen LogP contribution in [-0.4, -0.2) is 46.0 Å². The van der Waals surface area contributed by atoms with E-state index in [1.807, 2.05) is 0 Å². The summed E-state index contributed by atoms with van der Waals surface area (Å²) >= 11 is 0.